The van der Waals surface area contributed by atoms with Gasteiger partial charge in [-0.25, -0.2) is 4.79 Å². The summed E-state index contributed by atoms with van der Waals surface area (Å²) < 4.78 is 0. The van der Waals surface area contributed by atoms with Gasteiger partial charge in [-0.15, -0.1) is 0 Å². The highest BCUT2D eigenvalue weighted by Gasteiger charge is 2.14. The molecule has 0 heterocycles. The number of aryl methyl sites for hydroxylation is 1. The standard InChI is InChI=1S/C23H22O2/c24-23(25)21-15-13-20(14-16-21)22(17-19-9-5-2-6-10-19)12-11-18-7-3-1-4-8-18/h1-10,13-16,22H,11-12,17H2,(H,24,25). The summed E-state index contributed by atoms with van der Waals surface area (Å²) in [5.74, 6) is -0.513. The number of benzene rings is 3. The Kier molecular flexibility index (Phi) is 5.63. The van der Waals surface area contributed by atoms with Crippen LogP contribution in [0.1, 0.15) is 39.4 Å². The van der Waals surface area contributed by atoms with Gasteiger partial charge in [0.05, 0.1) is 5.56 Å². The average molecular weight is 330 g/mol. The van der Waals surface area contributed by atoms with Crippen LogP contribution in [0, 0.1) is 0 Å². The maximum Gasteiger partial charge on any atom is 0.335 e. The predicted octanol–water partition coefficient (Wildman–Crippen LogP) is 5.34. The van der Waals surface area contributed by atoms with Crippen LogP contribution in [-0.4, -0.2) is 11.1 Å². The molecule has 0 spiro atoms. The van der Waals surface area contributed by atoms with E-state index in [1.54, 1.807) is 12.1 Å². The summed E-state index contributed by atoms with van der Waals surface area (Å²) in [4.78, 5) is 11.1. The summed E-state index contributed by atoms with van der Waals surface area (Å²) >= 11 is 0. The van der Waals surface area contributed by atoms with Gasteiger partial charge >= 0.3 is 5.97 Å². The highest BCUT2D eigenvalue weighted by atomic mass is 16.4. The number of carboxylic acid groups (broad SMARTS) is 1. The van der Waals surface area contributed by atoms with E-state index < -0.39 is 5.97 Å². The van der Waals surface area contributed by atoms with Gasteiger partial charge in [-0.1, -0.05) is 72.8 Å². The summed E-state index contributed by atoms with van der Waals surface area (Å²) in [5, 5.41) is 9.10. The number of hydrogen-bond donors (Lipinski definition) is 1. The Labute approximate surface area is 148 Å². The Hall–Kier alpha value is -2.87. The van der Waals surface area contributed by atoms with Gasteiger partial charge < -0.3 is 5.11 Å². The summed E-state index contributed by atoms with van der Waals surface area (Å²) in [5.41, 5.74) is 4.18. The fraction of sp³-hybridized carbons (Fsp3) is 0.174. The van der Waals surface area contributed by atoms with Gasteiger partial charge in [-0.2, -0.15) is 0 Å². The normalized spacial score (nSPS) is 11.8. The molecule has 0 aliphatic rings. The third kappa shape index (κ3) is 4.80. The Morgan fingerprint density at radius 1 is 0.760 bits per heavy atom. The highest BCUT2D eigenvalue weighted by Crippen LogP contribution is 2.26. The van der Waals surface area contributed by atoms with E-state index in [9.17, 15) is 4.79 Å². The molecule has 0 radical (unpaired) electrons. The van der Waals surface area contributed by atoms with E-state index in [1.165, 1.54) is 16.7 Å². The summed E-state index contributed by atoms with van der Waals surface area (Å²) in [7, 11) is 0. The second-order valence-electron chi connectivity index (χ2n) is 6.34. The molecule has 3 aromatic carbocycles. The summed E-state index contributed by atoms with van der Waals surface area (Å²) in [6, 6.07) is 28.3. The molecular formula is C23H22O2. The molecule has 1 atom stereocenters. The van der Waals surface area contributed by atoms with Crippen molar-refractivity contribution < 1.29 is 9.90 Å². The van der Waals surface area contributed by atoms with Crippen LogP contribution in [0.25, 0.3) is 0 Å². The topological polar surface area (TPSA) is 37.3 Å². The molecule has 3 rings (SSSR count). The lowest BCUT2D eigenvalue weighted by Crippen LogP contribution is -2.06. The molecule has 0 aromatic heterocycles. The van der Waals surface area contributed by atoms with Crippen molar-refractivity contribution in [2.75, 3.05) is 0 Å². The third-order valence-corrected chi connectivity index (χ3v) is 4.58. The predicted molar refractivity (Wildman–Crippen MR) is 101 cm³/mol. The van der Waals surface area contributed by atoms with Crippen LogP contribution < -0.4 is 0 Å². The number of carboxylic acids is 1. The van der Waals surface area contributed by atoms with Crippen LogP contribution in [0.4, 0.5) is 0 Å². The lowest BCUT2D eigenvalue weighted by atomic mass is 9.86. The van der Waals surface area contributed by atoms with Crippen LogP contribution in [0.2, 0.25) is 0 Å². The van der Waals surface area contributed by atoms with Crippen molar-refractivity contribution >= 4 is 5.97 Å². The smallest absolute Gasteiger partial charge is 0.335 e. The first-order valence-electron chi connectivity index (χ1n) is 8.63. The van der Waals surface area contributed by atoms with Crippen LogP contribution in [0.15, 0.2) is 84.9 Å². The molecule has 1 unspecified atom stereocenters. The molecule has 0 aliphatic heterocycles. The van der Waals surface area contributed by atoms with Gasteiger partial charge in [-0.05, 0) is 54.0 Å². The van der Waals surface area contributed by atoms with Crippen molar-refractivity contribution in [3.8, 4) is 0 Å². The Morgan fingerprint density at radius 3 is 1.88 bits per heavy atom. The van der Waals surface area contributed by atoms with Gasteiger partial charge in [0, 0.05) is 0 Å². The third-order valence-electron chi connectivity index (χ3n) is 4.58. The number of aromatic carboxylic acids is 1. The van der Waals surface area contributed by atoms with E-state index in [2.05, 4.69) is 48.5 Å². The van der Waals surface area contributed by atoms with E-state index in [0.29, 0.717) is 11.5 Å². The molecule has 0 amide bonds. The van der Waals surface area contributed by atoms with Gasteiger partial charge in [0.2, 0.25) is 0 Å². The molecular weight excluding hydrogens is 308 g/mol. The van der Waals surface area contributed by atoms with Gasteiger partial charge in [0.15, 0.2) is 0 Å². The maximum absolute atomic E-state index is 11.1. The number of hydrogen-bond acceptors (Lipinski definition) is 1. The molecule has 1 N–H and O–H groups in total. The Balaban J connectivity index is 1.79. The van der Waals surface area contributed by atoms with Crippen molar-refractivity contribution in [1.82, 2.24) is 0 Å². The molecule has 0 saturated carbocycles. The molecule has 126 valence electrons. The Bertz CT molecular complexity index is 793. The summed E-state index contributed by atoms with van der Waals surface area (Å²) in [6.45, 7) is 0. The van der Waals surface area contributed by atoms with Crippen molar-refractivity contribution in [3.05, 3.63) is 107 Å². The first kappa shape index (κ1) is 17.0. The molecule has 25 heavy (non-hydrogen) atoms. The first-order chi connectivity index (χ1) is 12.2. The maximum atomic E-state index is 11.1. The molecule has 2 heteroatoms. The quantitative estimate of drug-likeness (QED) is 0.634. The lowest BCUT2D eigenvalue weighted by Gasteiger charge is -2.18. The first-order valence-corrected chi connectivity index (χ1v) is 8.63. The Morgan fingerprint density at radius 2 is 1.32 bits per heavy atom. The molecule has 0 bridgehead atoms. The van der Waals surface area contributed by atoms with E-state index in [1.807, 2.05) is 24.3 Å². The van der Waals surface area contributed by atoms with Gasteiger partial charge in [0.1, 0.15) is 0 Å². The zero-order chi connectivity index (χ0) is 17.5. The number of carbonyl (C=O) groups is 1. The second kappa shape index (κ2) is 8.29. The zero-order valence-electron chi connectivity index (χ0n) is 14.1. The lowest BCUT2D eigenvalue weighted by molar-refractivity contribution is 0.0697. The molecule has 0 aliphatic carbocycles. The molecule has 0 fully saturated rings. The fourth-order valence-electron chi connectivity index (χ4n) is 3.17. The van der Waals surface area contributed by atoms with Crippen LogP contribution >= 0.6 is 0 Å². The van der Waals surface area contributed by atoms with E-state index in [4.69, 9.17) is 5.11 Å². The minimum absolute atomic E-state index is 0.338. The molecule has 3 aromatic rings. The average Bonchev–Trinajstić information content (AvgIpc) is 2.67. The number of rotatable bonds is 7. The van der Waals surface area contributed by atoms with Crippen LogP contribution in [0.5, 0.6) is 0 Å². The van der Waals surface area contributed by atoms with E-state index in [-0.39, 0.29) is 0 Å². The van der Waals surface area contributed by atoms with Crippen LogP contribution in [-0.2, 0) is 12.8 Å². The summed E-state index contributed by atoms with van der Waals surface area (Å²) in [6.07, 6.45) is 3.00. The highest BCUT2D eigenvalue weighted by molar-refractivity contribution is 5.87. The SMILES string of the molecule is O=C(O)c1ccc(C(CCc2ccccc2)Cc2ccccc2)cc1. The van der Waals surface area contributed by atoms with E-state index in [0.717, 1.165) is 19.3 Å². The van der Waals surface area contributed by atoms with Crippen molar-refractivity contribution in [1.29, 1.82) is 0 Å². The largest absolute Gasteiger partial charge is 0.478 e. The van der Waals surface area contributed by atoms with Crippen molar-refractivity contribution in [3.63, 3.8) is 0 Å². The molecule has 2 nitrogen and oxygen atoms in total. The molecule has 0 saturated heterocycles. The van der Waals surface area contributed by atoms with Crippen molar-refractivity contribution in [2.24, 2.45) is 0 Å². The van der Waals surface area contributed by atoms with Crippen LogP contribution in [0.3, 0.4) is 0 Å². The monoisotopic (exact) mass is 330 g/mol. The van der Waals surface area contributed by atoms with Gasteiger partial charge in [0.25, 0.3) is 0 Å². The minimum atomic E-state index is -0.879. The fourth-order valence-corrected chi connectivity index (χ4v) is 3.17. The van der Waals surface area contributed by atoms with Crippen molar-refractivity contribution in [2.45, 2.75) is 25.2 Å². The minimum Gasteiger partial charge on any atom is -0.478 e. The zero-order valence-corrected chi connectivity index (χ0v) is 14.1. The van der Waals surface area contributed by atoms with E-state index >= 15 is 0 Å². The second-order valence-corrected chi connectivity index (χ2v) is 6.34. The van der Waals surface area contributed by atoms with Gasteiger partial charge in [-0.3, -0.25) is 0 Å².